The highest BCUT2D eigenvalue weighted by molar-refractivity contribution is 8.02. The lowest BCUT2D eigenvalue weighted by Crippen LogP contribution is -2.23. The fraction of sp³-hybridized carbons (Fsp3) is 1.00. The molecule has 6 nitrogen and oxygen atoms in total. The highest BCUT2D eigenvalue weighted by Gasteiger charge is 2.12. The van der Waals surface area contributed by atoms with Crippen LogP contribution in [0.5, 0.6) is 0 Å². The summed E-state index contributed by atoms with van der Waals surface area (Å²) in [6, 6.07) is 0. The Bertz CT molecular complexity index is 200. The van der Waals surface area contributed by atoms with Crippen LogP contribution in [-0.2, 0) is 0 Å². The van der Waals surface area contributed by atoms with Crippen molar-refractivity contribution in [2.24, 2.45) is 0 Å². The van der Waals surface area contributed by atoms with E-state index in [9.17, 15) is 10.2 Å². The molecule has 0 aromatic heterocycles. The van der Waals surface area contributed by atoms with Gasteiger partial charge in [0.2, 0.25) is 0 Å². The van der Waals surface area contributed by atoms with E-state index in [1.807, 2.05) is 0 Å². The topological polar surface area (TPSA) is 121 Å². The van der Waals surface area contributed by atoms with E-state index < -0.39 is 24.4 Å². The van der Waals surface area contributed by atoms with Gasteiger partial charge in [0.1, 0.15) is 0 Å². The Balaban J connectivity index is 3.40. The van der Waals surface area contributed by atoms with Gasteiger partial charge in [-0.1, -0.05) is 0 Å². The summed E-state index contributed by atoms with van der Waals surface area (Å²) in [5, 5.41) is 54.6. The Morgan fingerprint density at radius 1 is 0.600 bits per heavy atom. The van der Waals surface area contributed by atoms with Crippen LogP contribution in [-0.4, -0.2) is 91.3 Å². The zero-order chi connectivity index (χ0) is 15.4. The number of thioether (sulfide) groups is 2. The number of rotatable bonds is 13. The van der Waals surface area contributed by atoms with Crippen molar-refractivity contribution in [1.82, 2.24) is 0 Å². The molecule has 8 heteroatoms. The third-order valence-electron chi connectivity index (χ3n) is 2.50. The molecule has 0 rings (SSSR count). The normalized spacial score (nSPS) is 17.7. The van der Waals surface area contributed by atoms with Gasteiger partial charge in [0, 0.05) is 35.9 Å². The van der Waals surface area contributed by atoms with Crippen LogP contribution in [0.3, 0.4) is 0 Å². The maximum Gasteiger partial charge on any atom is 0.0795 e. The fourth-order valence-electron chi connectivity index (χ4n) is 1.47. The number of aliphatic hydroxyl groups excluding tert-OH is 6. The second kappa shape index (κ2) is 13.1. The van der Waals surface area contributed by atoms with Crippen molar-refractivity contribution in [3.8, 4) is 0 Å². The van der Waals surface area contributed by atoms with Gasteiger partial charge in [0.25, 0.3) is 0 Å². The Morgan fingerprint density at radius 3 is 1.25 bits per heavy atom. The third kappa shape index (κ3) is 12.2. The molecule has 0 saturated carbocycles. The first-order chi connectivity index (χ1) is 9.49. The number of hydrogen-bond donors (Lipinski definition) is 6. The summed E-state index contributed by atoms with van der Waals surface area (Å²) in [7, 11) is 0. The summed E-state index contributed by atoms with van der Waals surface area (Å²) in [6.45, 7) is -0.676. The van der Waals surface area contributed by atoms with E-state index in [2.05, 4.69) is 0 Å². The molecule has 0 heterocycles. The quantitative estimate of drug-likeness (QED) is 0.230. The van der Waals surface area contributed by atoms with Crippen LogP contribution in [0, 0.1) is 0 Å². The molecule has 4 unspecified atom stereocenters. The molecule has 0 aromatic rings. The van der Waals surface area contributed by atoms with E-state index in [1.165, 1.54) is 0 Å². The monoisotopic (exact) mass is 330 g/mol. The lowest BCUT2D eigenvalue weighted by atomic mass is 10.2. The van der Waals surface area contributed by atoms with Gasteiger partial charge in [-0.05, 0) is 0 Å². The van der Waals surface area contributed by atoms with E-state index >= 15 is 0 Å². The van der Waals surface area contributed by atoms with Gasteiger partial charge in [0.15, 0.2) is 0 Å². The molecule has 0 radical (unpaired) electrons. The highest BCUT2D eigenvalue weighted by Crippen LogP contribution is 2.13. The average Bonchev–Trinajstić information content (AvgIpc) is 2.42. The average molecular weight is 330 g/mol. The number of hydrogen-bond acceptors (Lipinski definition) is 8. The molecular weight excluding hydrogens is 304 g/mol. The Hall–Kier alpha value is 0.460. The second-order valence-electron chi connectivity index (χ2n) is 4.60. The first kappa shape index (κ1) is 20.5. The van der Waals surface area contributed by atoms with Crippen LogP contribution >= 0.6 is 23.5 Å². The van der Waals surface area contributed by atoms with Gasteiger partial charge in [-0.2, -0.15) is 23.5 Å². The van der Waals surface area contributed by atoms with Crippen LogP contribution in [0.15, 0.2) is 0 Å². The van der Waals surface area contributed by atoms with Crippen LogP contribution in [0.1, 0.15) is 12.8 Å². The van der Waals surface area contributed by atoms with Crippen LogP contribution in [0.4, 0.5) is 0 Å². The van der Waals surface area contributed by atoms with Crippen molar-refractivity contribution in [3.63, 3.8) is 0 Å². The smallest absolute Gasteiger partial charge is 0.0795 e. The first-order valence-electron chi connectivity index (χ1n) is 6.59. The summed E-state index contributed by atoms with van der Waals surface area (Å²) >= 11 is 3.10. The molecule has 122 valence electrons. The van der Waals surface area contributed by atoms with Crippen LogP contribution in [0.2, 0.25) is 0 Å². The van der Waals surface area contributed by atoms with E-state index in [1.54, 1.807) is 23.5 Å². The maximum absolute atomic E-state index is 9.53. The van der Waals surface area contributed by atoms with Crippen molar-refractivity contribution in [2.45, 2.75) is 37.3 Å². The molecule has 0 aliphatic carbocycles. The van der Waals surface area contributed by atoms with Gasteiger partial charge in [0.05, 0.1) is 37.6 Å². The molecule has 20 heavy (non-hydrogen) atoms. The Morgan fingerprint density at radius 2 is 0.950 bits per heavy atom. The predicted molar refractivity (Wildman–Crippen MR) is 82.1 cm³/mol. The zero-order valence-corrected chi connectivity index (χ0v) is 13.1. The molecule has 0 fully saturated rings. The minimum atomic E-state index is -0.868. The van der Waals surface area contributed by atoms with Crippen molar-refractivity contribution in [3.05, 3.63) is 0 Å². The fourth-order valence-corrected chi connectivity index (χ4v) is 3.56. The molecule has 0 aliphatic rings. The molecular formula is C12H26O6S2. The van der Waals surface area contributed by atoms with Gasteiger partial charge < -0.3 is 30.6 Å². The van der Waals surface area contributed by atoms with Crippen molar-refractivity contribution in [1.29, 1.82) is 0 Å². The van der Waals surface area contributed by atoms with Gasteiger partial charge in [-0.25, -0.2) is 0 Å². The van der Waals surface area contributed by atoms with E-state index in [4.69, 9.17) is 20.4 Å². The van der Waals surface area contributed by atoms with E-state index in [0.29, 0.717) is 11.5 Å². The SMILES string of the molecule is OCC(O)CC(O)CSCCSCC(O)CC(O)CO. The number of aliphatic hydroxyl groups is 6. The van der Waals surface area contributed by atoms with Crippen LogP contribution in [0.25, 0.3) is 0 Å². The standard InChI is InChI=1S/C12H26O6S2/c13-5-9(15)3-11(17)7-19-1-2-20-8-12(18)4-10(16)6-14/h9-18H,1-8H2. The summed E-state index contributed by atoms with van der Waals surface area (Å²) in [4.78, 5) is 0. The highest BCUT2D eigenvalue weighted by atomic mass is 32.2. The third-order valence-corrected chi connectivity index (χ3v) is 4.99. The molecule has 4 atom stereocenters. The van der Waals surface area contributed by atoms with Gasteiger partial charge in [-0.15, -0.1) is 0 Å². The molecule has 0 spiro atoms. The van der Waals surface area contributed by atoms with E-state index in [-0.39, 0.29) is 26.1 Å². The van der Waals surface area contributed by atoms with Gasteiger partial charge in [-0.3, -0.25) is 0 Å². The molecule has 0 aromatic carbocycles. The summed E-state index contributed by atoms with van der Waals surface area (Å²) in [5.41, 5.74) is 0. The molecule has 0 amide bonds. The van der Waals surface area contributed by atoms with Crippen molar-refractivity contribution >= 4 is 23.5 Å². The lowest BCUT2D eigenvalue weighted by Gasteiger charge is -2.14. The largest absolute Gasteiger partial charge is 0.394 e. The molecule has 0 saturated heterocycles. The minimum absolute atomic E-state index is 0.175. The lowest BCUT2D eigenvalue weighted by molar-refractivity contribution is 0.0490. The Labute approximate surface area is 128 Å². The van der Waals surface area contributed by atoms with Gasteiger partial charge >= 0.3 is 0 Å². The minimum Gasteiger partial charge on any atom is -0.394 e. The summed E-state index contributed by atoms with van der Waals surface area (Å²) in [5.74, 6) is 2.63. The molecule has 0 bridgehead atoms. The predicted octanol–water partition coefficient (Wildman–Crippen LogP) is -1.34. The van der Waals surface area contributed by atoms with Crippen LogP contribution < -0.4 is 0 Å². The van der Waals surface area contributed by atoms with Crippen molar-refractivity contribution < 1.29 is 30.6 Å². The first-order valence-corrected chi connectivity index (χ1v) is 8.90. The van der Waals surface area contributed by atoms with Crippen molar-refractivity contribution in [2.75, 3.05) is 36.2 Å². The van der Waals surface area contributed by atoms with E-state index in [0.717, 1.165) is 11.5 Å². The molecule has 0 aliphatic heterocycles. The molecule has 6 N–H and O–H groups in total. The zero-order valence-electron chi connectivity index (χ0n) is 11.5. The maximum atomic E-state index is 9.53. The Kier molecular flexibility index (Phi) is 13.4. The second-order valence-corrected chi connectivity index (χ2v) is 6.90. The summed E-state index contributed by atoms with van der Waals surface area (Å²) in [6.07, 6.45) is -2.64. The summed E-state index contributed by atoms with van der Waals surface area (Å²) < 4.78 is 0.